The number of thiophene rings is 1. The van der Waals surface area contributed by atoms with E-state index in [2.05, 4.69) is 21.4 Å². The van der Waals surface area contributed by atoms with Gasteiger partial charge < -0.3 is 16.8 Å². The Labute approximate surface area is 148 Å². The second kappa shape index (κ2) is 6.37. The zero-order valence-electron chi connectivity index (χ0n) is 13.7. The van der Waals surface area contributed by atoms with Crippen molar-refractivity contribution in [3.63, 3.8) is 0 Å². The molecule has 1 amide bonds. The lowest BCUT2D eigenvalue weighted by Gasteiger charge is -2.12. The molecule has 0 aliphatic carbocycles. The number of nitriles is 1. The normalized spacial score (nSPS) is 10.8. The molecule has 3 rings (SSSR count). The molecule has 0 aromatic carbocycles. The van der Waals surface area contributed by atoms with Crippen LogP contribution in [0.1, 0.15) is 40.6 Å². The summed E-state index contributed by atoms with van der Waals surface area (Å²) in [6, 6.07) is 5.55. The second-order valence-corrected chi connectivity index (χ2v) is 6.77. The highest BCUT2D eigenvalue weighted by Gasteiger charge is 2.24. The maximum Gasteiger partial charge on any atom is 0.267 e. The Balaban J connectivity index is 2.16. The van der Waals surface area contributed by atoms with Crippen LogP contribution in [0.15, 0.2) is 24.5 Å². The molecular weight excluding hydrogens is 336 g/mol. The van der Waals surface area contributed by atoms with Crippen molar-refractivity contribution in [1.82, 2.24) is 9.97 Å². The van der Waals surface area contributed by atoms with Crippen molar-refractivity contribution < 1.29 is 4.79 Å². The summed E-state index contributed by atoms with van der Waals surface area (Å²) in [6.07, 6.45) is 3.17. The molecule has 126 valence electrons. The largest absolute Gasteiger partial charge is 0.397 e. The van der Waals surface area contributed by atoms with Gasteiger partial charge in [-0.3, -0.25) is 9.78 Å². The number of nitrogen functional groups attached to an aromatic ring is 2. The number of carbonyl (C=O) groups is 1. The Kier molecular flexibility index (Phi) is 4.25. The highest BCUT2D eigenvalue weighted by molar-refractivity contribution is 7.21. The number of nitrogens with zero attached hydrogens (tertiary/aromatic N) is 3. The van der Waals surface area contributed by atoms with Gasteiger partial charge in [0.15, 0.2) is 0 Å². The van der Waals surface area contributed by atoms with Crippen molar-refractivity contribution in [2.45, 2.75) is 19.8 Å². The van der Waals surface area contributed by atoms with Gasteiger partial charge in [0, 0.05) is 11.6 Å². The van der Waals surface area contributed by atoms with Crippen LogP contribution in [-0.4, -0.2) is 15.9 Å². The minimum Gasteiger partial charge on any atom is -0.397 e. The molecular formula is C17H16N6OS. The van der Waals surface area contributed by atoms with E-state index in [0.717, 1.165) is 16.9 Å². The van der Waals surface area contributed by atoms with Crippen molar-refractivity contribution in [1.29, 1.82) is 5.26 Å². The molecule has 0 aliphatic heterocycles. The predicted octanol–water partition coefficient (Wildman–Crippen LogP) is 3.10. The van der Waals surface area contributed by atoms with E-state index in [1.54, 1.807) is 24.5 Å². The number of hydrogen-bond donors (Lipinski definition) is 3. The quantitative estimate of drug-likeness (QED) is 0.664. The molecule has 0 aliphatic rings. The summed E-state index contributed by atoms with van der Waals surface area (Å²) in [7, 11) is 0. The third kappa shape index (κ3) is 2.86. The van der Waals surface area contributed by atoms with Crippen molar-refractivity contribution >= 4 is 44.7 Å². The van der Waals surface area contributed by atoms with Gasteiger partial charge in [0.05, 0.1) is 23.1 Å². The van der Waals surface area contributed by atoms with Crippen LogP contribution in [0.5, 0.6) is 0 Å². The van der Waals surface area contributed by atoms with Crippen LogP contribution in [0.25, 0.3) is 10.2 Å². The zero-order chi connectivity index (χ0) is 18.1. The fourth-order valence-electron chi connectivity index (χ4n) is 2.69. The van der Waals surface area contributed by atoms with Crippen molar-refractivity contribution in [3.05, 3.63) is 40.5 Å². The van der Waals surface area contributed by atoms with Crippen LogP contribution in [0.3, 0.4) is 0 Å². The van der Waals surface area contributed by atoms with Gasteiger partial charge >= 0.3 is 0 Å². The van der Waals surface area contributed by atoms with Gasteiger partial charge in [-0.25, -0.2) is 4.98 Å². The van der Waals surface area contributed by atoms with E-state index in [1.165, 1.54) is 0 Å². The standard InChI is InChI=1S/C17H16N6OS/c1-8(2)11-10(6-18)15(20)23-17-12(11)13(19)14(25-17)16(24)22-9-4-3-5-21-7-9/h3-5,7-8H,19H2,1-2H3,(H2,20,23)(H,22,24). The van der Waals surface area contributed by atoms with E-state index in [4.69, 9.17) is 11.5 Å². The SMILES string of the molecule is CC(C)c1c(C#N)c(N)nc2sc(C(=O)Nc3cccnc3)c(N)c12. The molecule has 0 spiro atoms. The van der Waals surface area contributed by atoms with Crippen LogP contribution < -0.4 is 16.8 Å². The third-order valence-corrected chi connectivity index (χ3v) is 4.86. The molecule has 0 saturated heterocycles. The maximum atomic E-state index is 12.6. The van der Waals surface area contributed by atoms with E-state index in [1.807, 2.05) is 13.8 Å². The lowest BCUT2D eigenvalue weighted by molar-refractivity contribution is 0.103. The number of rotatable bonds is 3. The summed E-state index contributed by atoms with van der Waals surface area (Å²) < 4.78 is 0. The first-order valence-corrected chi connectivity index (χ1v) is 8.38. The summed E-state index contributed by atoms with van der Waals surface area (Å²) in [5, 5.41) is 12.8. The smallest absolute Gasteiger partial charge is 0.267 e. The molecule has 0 saturated carbocycles. The molecule has 0 unspecified atom stereocenters. The van der Waals surface area contributed by atoms with E-state index in [0.29, 0.717) is 32.0 Å². The molecule has 3 aromatic rings. The lowest BCUT2D eigenvalue weighted by Crippen LogP contribution is -2.12. The van der Waals surface area contributed by atoms with Crippen molar-refractivity contribution in [2.24, 2.45) is 0 Å². The molecule has 3 heterocycles. The van der Waals surface area contributed by atoms with Crippen LogP contribution >= 0.6 is 11.3 Å². The van der Waals surface area contributed by atoms with E-state index in [9.17, 15) is 10.1 Å². The molecule has 3 aromatic heterocycles. The number of aromatic nitrogens is 2. The Hall–Kier alpha value is -3.18. The van der Waals surface area contributed by atoms with Gasteiger partial charge in [0.1, 0.15) is 21.6 Å². The summed E-state index contributed by atoms with van der Waals surface area (Å²) in [5.41, 5.74) is 14.1. The Morgan fingerprint density at radius 2 is 2.16 bits per heavy atom. The third-order valence-electron chi connectivity index (χ3n) is 3.76. The average Bonchev–Trinajstić information content (AvgIpc) is 2.90. The predicted molar refractivity (Wildman–Crippen MR) is 99.4 cm³/mol. The number of carbonyl (C=O) groups excluding carboxylic acids is 1. The van der Waals surface area contributed by atoms with E-state index < -0.39 is 0 Å². The molecule has 0 bridgehead atoms. The van der Waals surface area contributed by atoms with Crippen LogP contribution in [0, 0.1) is 11.3 Å². The number of hydrogen-bond acceptors (Lipinski definition) is 7. The molecule has 0 fully saturated rings. The molecule has 8 heteroatoms. The van der Waals surface area contributed by atoms with E-state index in [-0.39, 0.29) is 17.6 Å². The van der Waals surface area contributed by atoms with Crippen LogP contribution in [0.4, 0.5) is 17.2 Å². The highest BCUT2D eigenvalue weighted by atomic mass is 32.1. The number of fused-ring (bicyclic) bond motifs is 1. The topological polar surface area (TPSA) is 131 Å². The highest BCUT2D eigenvalue weighted by Crippen LogP contribution is 2.40. The van der Waals surface area contributed by atoms with Gasteiger partial charge in [0.2, 0.25) is 0 Å². The molecule has 25 heavy (non-hydrogen) atoms. The lowest BCUT2D eigenvalue weighted by atomic mass is 9.95. The Morgan fingerprint density at radius 1 is 1.40 bits per heavy atom. The van der Waals surface area contributed by atoms with Crippen molar-refractivity contribution in [3.8, 4) is 6.07 Å². The first kappa shape index (κ1) is 16.7. The fraction of sp³-hybridized carbons (Fsp3) is 0.176. The number of amides is 1. The number of anilines is 3. The maximum absolute atomic E-state index is 12.6. The Morgan fingerprint density at radius 3 is 2.76 bits per heavy atom. The van der Waals surface area contributed by atoms with Crippen LogP contribution in [-0.2, 0) is 0 Å². The average molecular weight is 352 g/mol. The van der Waals surface area contributed by atoms with E-state index >= 15 is 0 Å². The first-order chi connectivity index (χ1) is 11.9. The number of pyridine rings is 2. The van der Waals surface area contributed by atoms with Gasteiger partial charge in [-0.05, 0) is 23.6 Å². The Bertz CT molecular complexity index is 1000. The zero-order valence-corrected chi connectivity index (χ0v) is 14.5. The fourth-order valence-corrected chi connectivity index (χ4v) is 3.70. The van der Waals surface area contributed by atoms with Gasteiger partial charge in [-0.1, -0.05) is 13.8 Å². The number of nitrogens with two attached hydrogens (primary N) is 2. The molecule has 0 radical (unpaired) electrons. The summed E-state index contributed by atoms with van der Waals surface area (Å²) >= 11 is 1.16. The summed E-state index contributed by atoms with van der Waals surface area (Å²) in [6.45, 7) is 3.89. The van der Waals surface area contributed by atoms with Gasteiger partial charge in [0.25, 0.3) is 5.91 Å². The number of nitrogens with one attached hydrogen (secondary N) is 1. The molecule has 5 N–H and O–H groups in total. The van der Waals surface area contributed by atoms with Gasteiger partial charge in [-0.2, -0.15) is 5.26 Å². The van der Waals surface area contributed by atoms with Crippen LogP contribution in [0.2, 0.25) is 0 Å². The summed E-state index contributed by atoms with van der Waals surface area (Å²) in [4.78, 5) is 21.7. The minimum atomic E-state index is -0.347. The first-order valence-electron chi connectivity index (χ1n) is 7.56. The monoisotopic (exact) mass is 352 g/mol. The second-order valence-electron chi connectivity index (χ2n) is 5.77. The van der Waals surface area contributed by atoms with Gasteiger partial charge in [-0.15, -0.1) is 11.3 Å². The molecule has 0 atom stereocenters. The molecule has 7 nitrogen and oxygen atoms in total. The minimum absolute atomic E-state index is 0.00795. The summed E-state index contributed by atoms with van der Waals surface area (Å²) in [5.74, 6) is -0.187. The van der Waals surface area contributed by atoms with Crippen molar-refractivity contribution in [2.75, 3.05) is 16.8 Å².